The van der Waals surface area contributed by atoms with Crippen LogP contribution in [0.5, 0.6) is 11.6 Å². The predicted octanol–water partition coefficient (Wildman–Crippen LogP) is 2.21. The van der Waals surface area contributed by atoms with Crippen molar-refractivity contribution < 1.29 is 13.2 Å². The second-order valence-corrected chi connectivity index (χ2v) is 9.26. The van der Waals surface area contributed by atoms with E-state index < -0.39 is 10.0 Å². The molecule has 1 aliphatic rings. The number of nitrogens with one attached hydrogen (secondary N) is 1. The molecule has 4 rings (SSSR count). The Morgan fingerprint density at radius 3 is 2.42 bits per heavy atom. The molecule has 3 heterocycles. The molecule has 2 aromatic heterocycles. The van der Waals surface area contributed by atoms with Crippen LogP contribution in [-0.2, 0) is 17.1 Å². The van der Waals surface area contributed by atoms with Crippen molar-refractivity contribution in [2.24, 2.45) is 7.05 Å². The first kappa shape index (κ1) is 21.3. The summed E-state index contributed by atoms with van der Waals surface area (Å²) in [6.07, 6.45) is 2.60. The number of rotatable bonds is 6. The summed E-state index contributed by atoms with van der Waals surface area (Å²) in [5, 5.41) is 3.90. The minimum atomic E-state index is -3.90. The Balaban J connectivity index is 1.47. The number of nitrogens with zero attached hydrogens (tertiary/aromatic N) is 6. The number of ether oxygens (including phenoxy) is 1. The zero-order valence-corrected chi connectivity index (χ0v) is 18.6. The lowest BCUT2D eigenvalue weighted by Crippen LogP contribution is -2.44. The minimum absolute atomic E-state index is 0.0134. The van der Waals surface area contributed by atoms with Gasteiger partial charge in [0.25, 0.3) is 10.0 Å². The number of hydrogen-bond donors (Lipinski definition) is 1. The van der Waals surface area contributed by atoms with Crippen LogP contribution < -0.4 is 14.4 Å². The molecule has 10 nitrogen and oxygen atoms in total. The summed E-state index contributed by atoms with van der Waals surface area (Å²) in [7, 11) is -0.164. The molecule has 31 heavy (non-hydrogen) atoms. The Kier molecular flexibility index (Phi) is 5.99. The molecule has 1 fully saturated rings. The van der Waals surface area contributed by atoms with Crippen molar-refractivity contribution in [1.29, 1.82) is 0 Å². The predicted molar refractivity (Wildman–Crippen MR) is 117 cm³/mol. The molecule has 1 saturated heterocycles. The van der Waals surface area contributed by atoms with Crippen LogP contribution in [0, 0.1) is 0 Å². The summed E-state index contributed by atoms with van der Waals surface area (Å²) in [5.41, 5.74) is 1.12. The number of benzene rings is 1. The van der Waals surface area contributed by atoms with E-state index >= 15 is 0 Å². The van der Waals surface area contributed by atoms with Gasteiger partial charge in [0.1, 0.15) is 15.8 Å². The fourth-order valence-corrected chi connectivity index (χ4v) is 4.22. The highest BCUT2D eigenvalue weighted by atomic mass is 35.5. The van der Waals surface area contributed by atoms with Crippen LogP contribution in [0.1, 0.15) is 0 Å². The van der Waals surface area contributed by atoms with Gasteiger partial charge in [-0.15, -0.1) is 0 Å². The number of sulfonamides is 1. The van der Waals surface area contributed by atoms with Crippen LogP contribution in [-0.4, -0.2) is 66.3 Å². The van der Waals surface area contributed by atoms with Crippen molar-refractivity contribution in [2.45, 2.75) is 4.90 Å². The SMILES string of the molecule is CN1CCN(c2ccc(Oc3cc(Cl)nc(NS(=O)(=O)c4cnn(C)c4)n3)cc2)CC1. The van der Waals surface area contributed by atoms with E-state index in [1.807, 2.05) is 24.3 Å². The van der Waals surface area contributed by atoms with Gasteiger partial charge in [-0.05, 0) is 31.3 Å². The highest BCUT2D eigenvalue weighted by Gasteiger charge is 2.19. The molecule has 0 radical (unpaired) electrons. The summed E-state index contributed by atoms with van der Waals surface area (Å²) in [6.45, 7) is 3.99. The summed E-state index contributed by atoms with van der Waals surface area (Å²) >= 11 is 6.04. The van der Waals surface area contributed by atoms with E-state index in [1.165, 1.54) is 23.1 Å². The maximum Gasteiger partial charge on any atom is 0.267 e. The smallest absolute Gasteiger partial charge is 0.267 e. The van der Waals surface area contributed by atoms with Gasteiger partial charge < -0.3 is 14.5 Å². The van der Waals surface area contributed by atoms with Crippen LogP contribution in [0.4, 0.5) is 11.6 Å². The molecule has 12 heteroatoms. The number of aryl methyl sites for hydroxylation is 1. The normalized spacial score (nSPS) is 15.1. The lowest BCUT2D eigenvalue weighted by atomic mass is 10.2. The molecule has 0 saturated carbocycles. The highest BCUT2D eigenvalue weighted by Crippen LogP contribution is 2.26. The fourth-order valence-electron chi connectivity index (χ4n) is 3.12. The Labute approximate surface area is 185 Å². The molecule has 0 bridgehead atoms. The molecule has 3 aromatic rings. The first-order valence-electron chi connectivity index (χ1n) is 9.56. The molecular weight excluding hydrogens is 442 g/mol. The molecule has 0 amide bonds. The lowest BCUT2D eigenvalue weighted by Gasteiger charge is -2.34. The molecule has 0 aliphatic carbocycles. The van der Waals surface area contributed by atoms with Crippen molar-refractivity contribution >= 4 is 33.3 Å². The van der Waals surface area contributed by atoms with Gasteiger partial charge >= 0.3 is 0 Å². The van der Waals surface area contributed by atoms with E-state index in [0.717, 1.165) is 31.9 Å². The maximum absolute atomic E-state index is 12.5. The largest absolute Gasteiger partial charge is 0.439 e. The first-order chi connectivity index (χ1) is 14.8. The van der Waals surface area contributed by atoms with Crippen molar-refractivity contribution in [3.05, 3.63) is 47.9 Å². The van der Waals surface area contributed by atoms with Gasteiger partial charge in [-0.1, -0.05) is 11.6 Å². The fraction of sp³-hybridized carbons (Fsp3) is 0.316. The number of hydrogen-bond acceptors (Lipinski definition) is 8. The molecule has 164 valence electrons. The van der Waals surface area contributed by atoms with E-state index in [4.69, 9.17) is 16.3 Å². The Hall–Kier alpha value is -2.89. The van der Waals surface area contributed by atoms with Crippen molar-refractivity contribution in [2.75, 3.05) is 42.8 Å². The number of piperazine rings is 1. The van der Waals surface area contributed by atoms with E-state index in [0.29, 0.717) is 5.75 Å². The van der Waals surface area contributed by atoms with Crippen LogP contribution >= 0.6 is 11.6 Å². The van der Waals surface area contributed by atoms with Gasteiger partial charge in [-0.2, -0.15) is 10.1 Å². The summed E-state index contributed by atoms with van der Waals surface area (Å²) in [5.74, 6) is 0.477. The van der Waals surface area contributed by atoms with Gasteiger partial charge in [0.2, 0.25) is 11.8 Å². The van der Waals surface area contributed by atoms with Crippen LogP contribution in [0.25, 0.3) is 0 Å². The zero-order chi connectivity index (χ0) is 22.0. The zero-order valence-electron chi connectivity index (χ0n) is 17.1. The van der Waals surface area contributed by atoms with Gasteiger partial charge in [0.15, 0.2) is 0 Å². The van der Waals surface area contributed by atoms with Crippen LogP contribution in [0.3, 0.4) is 0 Å². The highest BCUT2D eigenvalue weighted by molar-refractivity contribution is 7.92. The quantitative estimate of drug-likeness (QED) is 0.555. The summed E-state index contributed by atoms with van der Waals surface area (Å²) < 4.78 is 34.4. The average Bonchev–Trinajstić information content (AvgIpc) is 3.16. The van der Waals surface area contributed by atoms with E-state index in [-0.39, 0.29) is 21.9 Å². The number of likely N-dealkylation sites (N-methyl/N-ethyl adjacent to an activating group) is 1. The third-order valence-electron chi connectivity index (χ3n) is 4.82. The number of anilines is 2. The van der Waals surface area contributed by atoms with E-state index in [9.17, 15) is 8.42 Å². The van der Waals surface area contributed by atoms with Gasteiger partial charge in [-0.3, -0.25) is 4.68 Å². The topological polar surface area (TPSA) is 105 Å². The molecule has 1 N–H and O–H groups in total. The van der Waals surface area contributed by atoms with Crippen LogP contribution in [0.15, 0.2) is 47.6 Å². The van der Waals surface area contributed by atoms with Gasteiger partial charge in [0.05, 0.1) is 6.20 Å². The third kappa shape index (κ3) is 5.24. The number of halogens is 1. The minimum Gasteiger partial charge on any atom is -0.439 e. The van der Waals surface area contributed by atoms with E-state index in [1.54, 1.807) is 7.05 Å². The lowest BCUT2D eigenvalue weighted by molar-refractivity contribution is 0.313. The van der Waals surface area contributed by atoms with Crippen molar-refractivity contribution in [3.63, 3.8) is 0 Å². The third-order valence-corrected chi connectivity index (χ3v) is 6.29. The summed E-state index contributed by atoms with van der Waals surface area (Å²) in [4.78, 5) is 12.6. The second-order valence-electron chi connectivity index (χ2n) is 7.19. The van der Waals surface area contributed by atoms with Crippen molar-refractivity contribution in [3.8, 4) is 11.6 Å². The van der Waals surface area contributed by atoms with E-state index in [2.05, 4.69) is 36.6 Å². The second kappa shape index (κ2) is 8.69. The molecule has 0 atom stereocenters. The van der Waals surface area contributed by atoms with Gasteiger partial charge in [-0.25, -0.2) is 18.1 Å². The summed E-state index contributed by atoms with van der Waals surface area (Å²) in [6, 6.07) is 9.05. The molecule has 1 aliphatic heterocycles. The van der Waals surface area contributed by atoms with Crippen LogP contribution in [0.2, 0.25) is 5.15 Å². The Morgan fingerprint density at radius 1 is 1.06 bits per heavy atom. The standard InChI is InChI=1S/C19H22ClN7O3S/c1-25-7-9-27(10-8-25)14-3-5-15(6-4-14)30-18-11-17(20)22-19(23-18)24-31(28,29)16-12-21-26(2)13-16/h3-6,11-13H,7-10H2,1-2H3,(H,22,23,24). The molecule has 1 aromatic carbocycles. The monoisotopic (exact) mass is 463 g/mol. The molecular formula is C19H22ClN7O3S. The van der Waals surface area contributed by atoms with Crippen molar-refractivity contribution in [1.82, 2.24) is 24.6 Å². The number of aromatic nitrogens is 4. The van der Waals surface area contributed by atoms with Gasteiger partial charge in [0, 0.05) is 51.2 Å². The molecule has 0 spiro atoms. The Morgan fingerprint density at radius 2 is 1.77 bits per heavy atom. The first-order valence-corrected chi connectivity index (χ1v) is 11.4. The average molecular weight is 464 g/mol. The molecule has 0 unspecified atom stereocenters. The Bertz CT molecular complexity index is 1160. The maximum atomic E-state index is 12.5.